The molecule has 1 rings (SSSR count). The highest BCUT2D eigenvalue weighted by Crippen LogP contribution is 2.29. The lowest BCUT2D eigenvalue weighted by Gasteiger charge is -2.15. The minimum absolute atomic E-state index is 0.0996. The molecule has 0 aliphatic heterocycles. The first-order chi connectivity index (χ1) is 10.5. The lowest BCUT2D eigenvalue weighted by Crippen LogP contribution is -2.24. The molecule has 0 aliphatic carbocycles. The summed E-state index contributed by atoms with van der Waals surface area (Å²) in [6.07, 6.45) is 1.67. The van der Waals surface area contributed by atoms with Gasteiger partial charge in [0.1, 0.15) is 0 Å². The van der Waals surface area contributed by atoms with Gasteiger partial charge >= 0.3 is 0 Å². The minimum Gasteiger partial charge on any atom is -0.370 e. The molecule has 23 heavy (non-hydrogen) atoms. The van der Waals surface area contributed by atoms with Crippen LogP contribution in [0.3, 0.4) is 0 Å². The van der Waals surface area contributed by atoms with E-state index in [4.69, 9.17) is 11.5 Å². The van der Waals surface area contributed by atoms with Gasteiger partial charge in [0.2, 0.25) is 0 Å². The molecule has 4 N–H and O–H groups in total. The Morgan fingerprint density at radius 2 is 1.70 bits per heavy atom. The summed E-state index contributed by atoms with van der Waals surface area (Å²) >= 11 is 0. The Hall–Kier alpha value is -2.15. The molecule has 0 heterocycles. The Balaban J connectivity index is 3.83. The van der Waals surface area contributed by atoms with Crippen molar-refractivity contribution < 1.29 is 13.2 Å². The van der Waals surface area contributed by atoms with Crippen molar-refractivity contribution >= 4 is 27.3 Å². The first kappa shape index (κ1) is 18.9. The molecule has 0 bridgehead atoms. The molecule has 7 heteroatoms. The van der Waals surface area contributed by atoms with Crippen molar-refractivity contribution in [2.45, 2.75) is 39.0 Å². The summed E-state index contributed by atoms with van der Waals surface area (Å²) in [6.45, 7) is 7.55. The number of aliphatic imine (C=N–C) groups is 1. The van der Waals surface area contributed by atoms with Crippen molar-refractivity contribution in [2.24, 2.45) is 16.5 Å². The van der Waals surface area contributed by atoms with E-state index >= 15 is 0 Å². The Morgan fingerprint density at radius 1 is 1.13 bits per heavy atom. The first-order valence-corrected chi connectivity index (χ1v) is 9.03. The molecule has 0 spiro atoms. The second-order valence-corrected chi connectivity index (χ2v) is 7.58. The number of amides is 1. The molecule has 126 valence electrons. The number of benzene rings is 1. The predicted octanol–water partition coefficient (Wildman–Crippen LogP) is 1.88. The fourth-order valence-corrected chi connectivity index (χ4v) is 3.11. The zero-order valence-electron chi connectivity index (χ0n) is 14.1. The van der Waals surface area contributed by atoms with Crippen LogP contribution in [-0.2, 0) is 16.3 Å². The molecule has 0 saturated carbocycles. The summed E-state index contributed by atoms with van der Waals surface area (Å²) < 4.78 is 24.3. The maximum atomic E-state index is 12.2. The van der Waals surface area contributed by atoms with E-state index in [1.165, 1.54) is 6.07 Å². The molecular formula is C16H23N3O3S. The van der Waals surface area contributed by atoms with Gasteiger partial charge in [0.05, 0.1) is 4.90 Å². The normalized spacial score (nSPS) is 11.0. The highest BCUT2D eigenvalue weighted by Gasteiger charge is 2.21. The lowest BCUT2D eigenvalue weighted by molar-refractivity contribution is 0.100. The SMILES string of the molecule is CCc1cc(C(C)=C(C)C)c(S(C)(=O)=O)cc1C(=O)N=C(N)N. The quantitative estimate of drug-likeness (QED) is 0.643. The van der Waals surface area contributed by atoms with Crippen LogP contribution >= 0.6 is 0 Å². The number of nitrogens with zero attached hydrogens (tertiary/aromatic N) is 1. The second-order valence-electron chi connectivity index (χ2n) is 5.60. The zero-order valence-corrected chi connectivity index (χ0v) is 14.9. The standard InChI is InChI=1S/C16H23N3O3S/c1-6-11-7-12(10(4)9(2)3)14(23(5,21)22)8-13(11)15(20)19-16(17)18/h7-8H,6H2,1-5H3,(H4,17,18,19,20). The van der Waals surface area contributed by atoms with Crippen LogP contribution in [0.1, 0.15) is 49.2 Å². The van der Waals surface area contributed by atoms with Crippen LogP contribution in [0.25, 0.3) is 5.57 Å². The molecule has 1 amide bonds. The number of carbonyl (C=O) groups is 1. The fraction of sp³-hybridized carbons (Fsp3) is 0.375. The van der Waals surface area contributed by atoms with Crippen LogP contribution in [0.2, 0.25) is 0 Å². The number of allylic oxidation sites excluding steroid dienone is 2. The molecule has 0 atom stereocenters. The van der Waals surface area contributed by atoms with Crippen LogP contribution < -0.4 is 11.5 Å². The van der Waals surface area contributed by atoms with Gasteiger partial charge in [0.15, 0.2) is 15.8 Å². The van der Waals surface area contributed by atoms with E-state index in [1.54, 1.807) is 6.07 Å². The van der Waals surface area contributed by atoms with Gasteiger partial charge in [-0.1, -0.05) is 12.5 Å². The minimum atomic E-state index is -3.52. The molecule has 0 aromatic heterocycles. The van der Waals surface area contributed by atoms with E-state index in [0.29, 0.717) is 17.5 Å². The summed E-state index contributed by atoms with van der Waals surface area (Å²) in [5, 5.41) is 0. The van der Waals surface area contributed by atoms with Crippen molar-refractivity contribution in [2.75, 3.05) is 6.26 Å². The topological polar surface area (TPSA) is 116 Å². The number of hydrogen-bond donors (Lipinski definition) is 2. The van der Waals surface area contributed by atoms with E-state index in [-0.39, 0.29) is 16.4 Å². The number of hydrogen-bond acceptors (Lipinski definition) is 3. The Bertz CT molecular complexity index is 798. The van der Waals surface area contributed by atoms with Gasteiger partial charge in [0.25, 0.3) is 5.91 Å². The molecule has 0 saturated heterocycles. The molecule has 1 aromatic rings. The average molecular weight is 337 g/mol. The highest BCUT2D eigenvalue weighted by molar-refractivity contribution is 7.90. The van der Waals surface area contributed by atoms with E-state index in [2.05, 4.69) is 4.99 Å². The summed E-state index contributed by atoms with van der Waals surface area (Å²) in [5.41, 5.74) is 13.9. The molecule has 6 nitrogen and oxygen atoms in total. The molecular weight excluding hydrogens is 314 g/mol. The number of aryl methyl sites for hydroxylation is 1. The van der Waals surface area contributed by atoms with Crippen molar-refractivity contribution in [3.63, 3.8) is 0 Å². The first-order valence-electron chi connectivity index (χ1n) is 7.14. The predicted molar refractivity (Wildman–Crippen MR) is 93.0 cm³/mol. The van der Waals surface area contributed by atoms with E-state index in [1.807, 2.05) is 27.7 Å². The Morgan fingerprint density at radius 3 is 2.09 bits per heavy atom. The number of nitrogens with two attached hydrogens (primary N) is 2. The number of sulfone groups is 1. The van der Waals surface area contributed by atoms with Crippen molar-refractivity contribution in [3.05, 3.63) is 34.4 Å². The van der Waals surface area contributed by atoms with Gasteiger partial charge in [-0.25, -0.2) is 8.42 Å². The van der Waals surface area contributed by atoms with Crippen LogP contribution in [0.4, 0.5) is 0 Å². The second kappa shape index (κ2) is 6.95. The number of rotatable bonds is 4. The maximum Gasteiger partial charge on any atom is 0.280 e. The maximum absolute atomic E-state index is 12.2. The van der Waals surface area contributed by atoms with Gasteiger partial charge < -0.3 is 11.5 Å². The van der Waals surface area contributed by atoms with E-state index in [0.717, 1.165) is 17.4 Å². The van der Waals surface area contributed by atoms with Crippen LogP contribution in [0.15, 0.2) is 27.6 Å². The van der Waals surface area contributed by atoms with E-state index < -0.39 is 15.7 Å². The third-order valence-corrected chi connectivity index (χ3v) is 4.74. The lowest BCUT2D eigenvalue weighted by atomic mass is 9.96. The number of carbonyl (C=O) groups excluding carboxylic acids is 1. The summed E-state index contributed by atoms with van der Waals surface area (Å²) in [5.74, 6) is -1.00. The third kappa shape index (κ3) is 4.41. The van der Waals surface area contributed by atoms with Gasteiger partial charge in [-0.15, -0.1) is 0 Å². The monoisotopic (exact) mass is 337 g/mol. The average Bonchev–Trinajstić information content (AvgIpc) is 2.43. The Labute approximate surface area is 137 Å². The van der Waals surface area contributed by atoms with Crippen LogP contribution in [-0.4, -0.2) is 26.5 Å². The van der Waals surface area contributed by atoms with Gasteiger partial charge in [-0.3, -0.25) is 4.79 Å². The van der Waals surface area contributed by atoms with Crippen molar-refractivity contribution in [1.29, 1.82) is 0 Å². The third-order valence-electron chi connectivity index (χ3n) is 3.60. The smallest absolute Gasteiger partial charge is 0.280 e. The van der Waals surface area contributed by atoms with Crippen LogP contribution in [0, 0.1) is 0 Å². The largest absolute Gasteiger partial charge is 0.370 e. The van der Waals surface area contributed by atoms with E-state index in [9.17, 15) is 13.2 Å². The van der Waals surface area contributed by atoms with Crippen molar-refractivity contribution in [3.8, 4) is 0 Å². The van der Waals surface area contributed by atoms with Gasteiger partial charge in [0, 0.05) is 11.8 Å². The Kier molecular flexibility index (Phi) is 5.71. The molecule has 0 unspecified atom stereocenters. The summed E-state index contributed by atoms with van der Waals surface area (Å²) in [4.78, 5) is 15.8. The molecule has 0 radical (unpaired) electrons. The molecule has 0 aliphatic rings. The molecule has 0 fully saturated rings. The number of guanidine groups is 1. The highest BCUT2D eigenvalue weighted by atomic mass is 32.2. The molecule has 1 aromatic carbocycles. The van der Waals surface area contributed by atoms with Gasteiger partial charge in [-0.2, -0.15) is 4.99 Å². The zero-order chi connectivity index (χ0) is 17.9. The van der Waals surface area contributed by atoms with Crippen LogP contribution in [0.5, 0.6) is 0 Å². The summed E-state index contributed by atoms with van der Waals surface area (Å²) in [7, 11) is -3.52. The van der Waals surface area contributed by atoms with Crippen molar-refractivity contribution in [1.82, 2.24) is 0 Å². The summed E-state index contributed by atoms with van der Waals surface area (Å²) in [6, 6.07) is 3.10. The van der Waals surface area contributed by atoms with Gasteiger partial charge in [-0.05, 0) is 56.0 Å². The fourth-order valence-electron chi connectivity index (χ4n) is 2.16.